The lowest BCUT2D eigenvalue weighted by atomic mass is 10.0. The predicted octanol–water partition coefficient (Wildman–Crippen LogP) is 3.05. The number of piperidine rings is 1. The second-order valence-electron chi connectivity index (χ2n) is 9.09. The molecule has 1 aliphatic rings. The summed E-state index contributed by atoms with van der Waals surface area (Å²) in [5.74, 6) is -0.632. The van der Waals surface area contributed by atoms with Crippen molar-refractivity contribution in [2.24, 2.45) is 5.73 Å². The lowest BCUT2D eigenvalue weighted by molar-refractivity contribution is -0.139. The zero-order valence-electron chi connectivity index (χ0n) is 19.7. The van der Waals surface area contributed by atoms with Crippen LogP contribution in [0.15, 0.2) is 41.2 Å². The molecule has 0 saturated carbocycles. The van der Waals surface area contributed by atoms with Crippen LogP contribution in [0.5, 0.6) is 0 Å². The maximum atomic E-state index is 14.7. The Morgan fingerprint density at radius 2 is 2.14 bits per heavy atom. The van der Waals surface area contributed by atoms with Crippen LogP contribution in [0.25, 0.3) is 22.4 Å². The van der Waals surface area contributed by atoms with Crippen molar-refractivity contribution < 1.29 is 26.9 Å². The van der Waals surface area contributed by atoms with Crippen LogP contribution >= 0.6 is 0 Å². The Balaban J connectivity index is 1.49. The number of nitrogens with zero attached hydrogens (tertiary/aromatic N) is 6. The SMILES string of the molecule is CN1CC[C@@H](Nc2cccc3c2cc(-c2noc(Cn4cc(C(N)=O)cn4)n2)n3CC(F)(F)F)[C@@H](F)C1. The number of hydrogen-bond donors (Lipinski definition) is 2. The number of nitrogens with one attached hydrogen (secondary N) is 1. The maximum Gasteiger partial charge on any atom is 0.406 e. The third-order valence-corrected chi connectivity index (χ3v) is 6.28. The minimum Gasteiger partial charge on any atom is -0.379 e. The number of rotatable bonds is 7. The van der Waals surface area contributed by atoms with Crippen LogP contribution in [0.3, 0.4) is 0 Å². The molecule has 0 unspecified atom stereocenters. The van der Waals surface area contributed by atoms with E-state index >= 15 is 0 Å². The Hall–Kier alpha value is -3.94. The summed E-state index contributed by atoms with van der Waals surface area (Å²) >= 11 is 0. The first-order valence-electron chi connectivity index (χ1n) is 11.5. The van der Waals surface area contributed by atoms with Gasteiger partial charge in [-0.15, -0.1) is 0 Å². The first-order chi connectivity index (χ1) is 17.6. The van der Waals surface area contributed by atoms with Gasteiger partial charge in [0.1, 0.15) is 19.3 Å². The van der Waals surface area contributed by atoms with Gasteiger partial charge in [-0.25, -0.2) is 4.39 Å². The molecule has 37 heavy (non-hydrogen) atoms. The van der Waals surface area contributed by atoms with E-state index in [1.807, 2.05) is 11.9 Å². The molecular formula is C23H24F4N8O2. The van der Waals surface area contributed by atoms with Gasteiger partial charge in [-0.1, -0.05) is 11.2 Å². The van der Waals surface area contributed by atoms with Crippen LogP contribution in [0, 0.1) is 0 Å². The number of hydrogen-bond acceptors (Lipinski definition) is 7. The normalized spacial score (nSPS) is 18.9. The van der Waals surface area contributed by atoms with Gasteiger partial charge in [0.15, 0.2) is 0 Å². The van der Waals surface area contributed by atoms with Crippen molar-refractivity contribution in [3.05, 3.63) is 48.1 Å². The van der Waals surface area contributed by atoms with E-state index < -0.39 is 30.8 Å². The van der Waals surface area contributed by atoms with Crippen LogP contribution < -0.4 is 11.1 Å². The molecule has 0 radical (unpaired) electrons. The minimum absolute atomic E-state index is 0.0133. The number of fused-ring (bicyclic) bond motifs is 1. The van der Waals surface area contributed by atoms with Gasteiger partial charge >= 0.3 is 6.18 Å². The molecule has 14 heteroatoms. The first-order valence-corrected chi connectivity index (χ1v) is 11.5. The molecule has 3 N–H and O–H groups in total. The molecule has 0 aliphatic carbocycles. The number of nitrogens with two attached hydrogens (primary N) is 1. The Kier molecular flexibility index (Phi) is 6.35. The number of aromatic nitrogens is 5. The fraction of sp³-hybridized carbons (Fsp3) is 0.391. The first kappa shape index (κ1) is 24.7. The van der Waals surface area contributed by atoms with Gasteiger partial charge in [-0.3, -0.25) is 9.48 Å². The third-order valence-electron chi connectivity index (χ3n) is 6.28. The molecular weight excluding hydrogens is 496 g/mol. The predicted molar refractivity (Wildman–Crippen MR) is 126 cm³/mol. The molecule has 0 spiro atoms. The molecule has 1 aromatic carbocycles. The van der Waals surface area contributed by atoms with E-state index in [0.29, 0.717) is 29.6 Å². The molecule has 4 aromatic rings. The summed E-state index contributed by atoms with van der Waals surface area (Å²) in [5.41, 5.74) is 6.32. The van der Waals surface area contributed by atoms with E-state index in [2.05, 4.69) is 20.6 Å². The molecule has 4 heterocycles. The van der Waals surface area contributed by atoms with Crippen molar-refractivity contribution in [1.29, 1.82) is 0 Å². The number of anilines is 1. The molecule has 1 amide bonds. The smallest absolute Gasteiger partial charge is 0.379 e. The fourth-order valence-corrected chi connectivity index (χ4v) is 4.50. The third kappa shape index (κ3) is 5.28. The molecule has 10 nitrogen and oxygen atoms in total. The lowest BCUT2D eigenvalue weighted by Gasteiger charge is -2.33. The molecule has 0 bridgehead atoms. The van der Waals surface area contributed by atoms with E-state index in [1.54, 1.807) is 24.3 Å². The van der Waals surface area contributed by atoms with E-state index in [9.17, 15) is 22.4 Å². The monoisotopic (exact) mass is 520 g/mol. The summed E-state index contributed by atoms with van der Waals surface area (Å²) in [6, 6.07) is 5.98. The molecule has 2 atom stereocenters. The standard InChI is InChI=1S/C23H24F4N8O2/c1-33-6-5-17(15(24)10-33)30-16-3-2-4-18-14(16)7-19(35(18)12-23(25,26)27)22-31-20(37-32-22)11-34-9-13(8-29-34)21(28)36/h2-4,7-9,15,17,30H,5-6,10-12H2,1H3,(H2,28,36)/t15-,17+/m0/s1. The maximum absolute atomic E-state index is 14.7. The number of amides is 1. The molecule has 1 saturated heterocycles. The number of halogens is 4. The molecule has 1 aliphatic heterocycles. The highest BCUT2D eigenvalue weighted by molar-refractivity contribution is 5.96. The Morgan fingerprint density at radius 3 is 2.84 bits per heavy atom. The minimum atomic E-state index is -4.52. The van der Waals surface area contributed by atoms with Gasteiger partial charge in [0.05, 0.1) is 29.0 Å². The van der Waals surface area contributed by atoms with E-state index in [-0.39, 0.29) is 36.1 Å². The number of carbonyl (C=O) groups excluding carboxylic acids is 1. The van der Waals surface area contributed by atoms with Crippen molar-refractivity contribution in [2.45, 2.75) is 37.9 Å². The Labute approximate surface area is 208 Å². The van der Waals surface area contributed by atoms with Crippen molar-refractivity contribution in [3.8, 4) is 11.5 Å². The number of carbonyl (C=O) groups is 1. The summed E-state index contributed by atoms with van der Waals surface area (Å²) < 4.78 is 63.0. The average Bonchev–Trinajstić information content (AvgIpc) is 3.55. The highest BCUT2D eigenvalue weighted by Gasteiger charge is 2.32. The van der Waals surface area contributed by atoms with Crippen molar-refractivity contribution in [3.63, 3.8) is 0 Å². The molecule has 3 aromatic heterocycles. The van der Waals surface area contributed by atoms with Crippen molar-refractivity contribution >= 4 is 22.5 Å². The zero-order chi connectivity index (χ0) is 26.3. The Bertz CT molecular complexity index is 1430. The molecule has 5 rings (SSSR count). The molecule has 196 valence electrons. The summed E-state index contributed by atoms with van der Waals surface area (Å²) in [6.07, 6.45) is -2.41. The summed E-state index contributed by atoms with van der Waals surface area (Å²) in [6.45, 7) is -0.311. The van der Waals surface area contributed by atoms with Gasteiger partial charge in [0, 0.05) is 30.4 Å². The summed E-state index contributed by atoms with van der Waals surface area (Å²) in [4.78, 5) is 17.4. The highest BCUT2D eigenvalue weighted by Crippen LogP contribution is 2.35. The molecule has 1 fully saturated rings. The Morgan fingerprint density at radius 1 is 1.32 bits per heavy atom. The average molecular weight is 520 g/mol. The second-order valence-corrected chi connectivity index (χ2v) is 9.09. The lowest BCUT2D eigenvalue weighted by Crippen LogP contribution is -2.46. The van der Waals surface area contributed by atoms with Gasteiger partial charge in [0.25, 0.3) is 5.91 Å². The van der Waals surface area contributed by atoms with Crippen LogP contribution in [-0.2, 0) is 13.1 Å². The van der Waals surface area contributed by atoms with Crippen LogP contribution in [0.1, 0.15) is 22.7 Å². The van der Waals surface area contributed by atoms with Crippen molar-refractivity contribution in [2.75, 3.05) is 25.5 Å². The van der Waals surface area contributed by atoms with Crippen molar-refractivity contribution in [1.82, 2.24) is 29.4 Å². The summed E-state index contributed by atoms with van der Waals surface area (Å²) in [7, 11) is 1.84. The van der Waals surface area contributed by atoms with Crippen LogP contribution in [0.4, 0.5) is 23.2 Å². The number of benzene rings is 1. The number of primary amides is 1. The van der Waals surface area contributed by atoms with Gasteiger partial charge in [0.2, 0.25) is 11.7 Å². The van der Waals surface area contributed by atoms with E-state index in [0.717, 1.165) is 4.57 Å². The van der Waals surface area contributed by atoms with E-state index in [1.165, 1.54) is 17.1 Å². The highest BCUT2D eigenvalue weighted by atomic mass is 19.4. The van der Waals surface area contributed by atoms with Gasteiger partial charge in [-0.2, -0.15) is 23.3 Å². The van der Waals surface area contributed by atoms with Gasteiger partial charge < -0.3 is 25.0 Å². The largest absolute Gasteiger partial charge is 0.406 e. The fourth-order valence-electron chi connectivity index (χ4n) is 4.50. The number of likely N-dealkylation sites (tertiary alicyclic amines) is 1. The van der Waals surface area contributed by atoms with Gasteiger partial charge in [-0.05, 0) is 31.7 Å². The van der Waals surface area contributed by atoms with E-state index in [4.69, 9.17) is 10.3 Å². The van der Waals surface area contributed by atoms with Crippen LogP contribution in [-0.4, -0.2) is 73.8 Å². The zero-order valence-corrected chi connectivity index (χ0v) is 19.7. The summed E-state index contributed by atoms with van der Waals surface area (Å²) in [5, 5.41) is 11.5. The van der Waals surface area contributed by atoms with Crippen LogP contribution in [0.2, 0.25) is 0 Å². The quantitative estimate of drug-likeness (QED) is 0.360. The topological polar surface area (TPSA) is 120 Å². The number of alkyl halides is 4. The second kappa shape index (κ2) is 9.50.